The van der Waals surface area contributed by atoms with Crippen molar-refractivity contribution in [2.75, 3.05) is 0 Å². The molecule has 3 saturated carbocycles. The highest BCUT2D eigenvalue weighted by atomic mass is 16.6. The molecule has 0 amide bonds. The normalized spacial score (nSPS) is 47.5. The third-order valence-corrected chi connectivity index (χ3v) is 11.3. The molecule has 10 atom stereocenters. The predicted octanol–water partition coefficient (Wildman–Crippen LogP) is 2.16. The number of fused-ring (bicyclic) bond motifs is 5. The Kier molecular flexibility index (Phi) is 6.00. The first kappa shape index (κ1) is 26.7. The second-order valence-corrected chi connectivity index (χ2v) is 12.9. The third-order valence-electron chi connectivity index (χ3n) is 11.3. The van der Waals surface area contributed by atoms with Gasteiger partial charge in [-0.25, -0.2) is 4.79 Å². The Bertz CT molecular complexity index is 1120. The highest BCUT2D eigenvalue weighted by Crippen LogP contribution is 2.67. The second kappa shape index (κ2) is 8.31. The van der Waals surface area contributed by atoms with Crippen LogP contribution in [0.15, 0.2) is 22.8 Å². The topological polar surface area (TPSA) is 141 Å². The van der Waals surface area contributed by atoms with Gasteiger partial charge in [0.25, 0.3) is 0 Å². The molecule has 3 fully saturated rings. The summed E-state index contributed by atoms with van der Waals surface area (Å²) in [4.78, 5) is 40.0. The van der Waals surface area contributed by atoms with Crippen LogP contribution in [0.4, 0.5) is 0 Å². The van der Waals surface area contributed by atoms with E-state index < -0.39 is 64.1 Å². The lowest BCUT2D eigenvalue weighted by Gasteiger charge is -2.59. The van der Waals surface area contributed by atoms with E-state index in [1.165, 1.54) is 6.08 Å². The molecule has 8 nitrogen and oxygen atoms in total. The minimum absolute atomic E-state index is 0.0734. The van der Waals surface area contributed by atoms with Crippen molar-refractivity contribution < 1.29 is 39.5 Å². The maximum Gasteiger partial charge on any atom is 0.334 e. The van der Waals surface area contributed by atoms with Crippen molar-refractivity contribution in [3.8, 4) is 0 Å². The first-order chi connectivity index (χ1) is 17.1. The third kappa shape index (κ3) is 3.38. The summed E-state index contributed by atoms with van der Waals surface area (Å²) >= 11 is 0. The molecule has 0 aromatic rings. The lowest BCUT2D eigenvalue weighted by Crippen LogP contribution is -2.66. The van der Waals surface area contributed by atoms with Gasteiger partial charge in [-0.3, -0.25) is 9.59 Å². The van der Waals surface area contributed by atoms with Gasteiger partial charge in [-0.05, 0) is 75.9 Å². The number of ketones is 2. The number of esters is 1. The van der Waals surface area contributed by atoms with Crippen LogP contribution in [0.1, 0.15) is 79.6 Å². The number of aliphatic hydroxyl groups is 4. The van der Waals surface area contributed by atoms with Crippen LogP contribution in [-0.2, 0) is 19.1 Å². The van der Waals surface area contributed by atoms with Gasteiger partial charge < -0.3 is 25.2 Å². The zero-order chi connectivity index (χ0) is 27.3. The number of hydrogen-bond donors (Lipinski definition) is 4. The number of Topliss-reactive ketones (excluding diaryl/α,β-unsaturated/α-hetero) is 1. The smallest absolute Gasteiger partial charge is 0.334 e. The summed E-state index contributed by atoms with van der Waals surface area (Å²) in [6.45, 7) is 8.83. The van der Waals surface area contributed by atoms with Crippen LogP contribution in [-0.4, -0.2) is 67.5 Å². The lowest BCUT2D eigenvalue weighted by atomic mass is 9.45. The van der Waals surface area contributed by atoms with E-state index in [0.717, 1.165) is 5.57 Å². The van der Waals surface area contributed by atoms with Crippen LogP contribution in [0.25, 0.3) is 0 Å². The molecule has 0 unspecified atom stereocenters. The number of ether oxygens (including phenoxy) is 1. The summed E-state index contributed by atoms with van der Waals surface area (Å²) in [6, 6.07) is 0. The van der Waals surface area contributed by atoms with Crippen molar-refractivity contribution in [3.05, 3.63) is 22.8 Å². The first-order valence-electron chi connectivity index (χ1n) is 13.6. The molecule has 0 aromatic heterocycles. The number of hydrogen-bond acceptors (Lipinski definition) is 8. The van der Waals surface area contributed by atoms with E-state index in [1.54, 1.807) is 20.8 Å². The summed E-state index contributed by atoms with van der Waals surface area (Å²) in [7, 11) is 0. The highest BCUT2D eigenvalue weighted by Gasteiger charge is 2.72. The fourth-order valence-corrected chi connectivity index (χ4v) is 8.76. The maximum absolute atomic E-state index is 14.1. The molecule has 1 aliphatic heterocycles. The lowest BCUT2D eigenvalue weighted by molar-refractivity contribution is -0.192. The molecule has 0 aromatic carbocycles. The van der Waals surface area contributed by atoms with Gasteiger partial charge in [-0.2, -0.15) is 0 Å². The SMILES string of the molecule is CCC1=C(C)C(=O)O[C@@H]([C@](C)(O)[C@H]2CC[C@]3(O)C4=CC(=O)[C@@H]5C[C@@H](O)[C@@H](O)C[C@@]5(C)[C@H]4CC(=O)[C@]23C)C1. The van der Waals surface area contributed by atoms with Gasteiger partial charge >= 0.3 is 5.97 Å². The Morgan fingerprint density at radius 2 is 1.78 bits per heavy atom. The van der Waals surface area contributed by atoms with Gasteiger partial charge in [0.1, 0.15) is 17.5 Å². The van der Waals surface area contributed by atoms with E-state index in [4.69, 9.17) is 4.74 Å². The van der Waals surface area contributed by atoms with Gasteiger partial charge in [0.15, 0.2) is 5.78 Å². The Morgan fingerprint density at radius 3 is 2.43 bits per heavy atom. The Morgan fingerprint density at radius 1 is 1.11 bits per heavy atom. The predicted molar refractivity (Wildman–Crippen MR) is 133 cm³/mol. The fraction of sp³-hybridized carbons (Fsp3) is 0.759. The fourth-order valence-electron chi connectivity index (χ4n) is 8.76. The van der Waals surface area contributed by atoms with Crippen molar-refractivity contribution in [3.63, 3.8) is 0 Å². The number of carbonyl (C=O) groups excluding carboxylic acids is 3. The summed E-state index contributed by atoms with van der Waals surface area (Å²) < 4.78 is 5.67. The molecule has 5 aliphatic rings. The van der Waals surface area contributed by atoms with E-state index in [-0.39, 0.29) is 37.2 Å². The van der Waals surface area contributed by atoms with Crippen molar-refractivity contribution in [2.24, 2.45) is 28.6 Å². The second-order valence-electron chi connectivity index (χ2n) is 12.9. The van der Waals surface area contributed by atoms with Crippen molar-refractivity contribution in [1.82, 2.24) is 0 Å². The quantitative estimate of drug-likeness (QED) is 0.418. The van der Waals surface area contributed by atoms with Gasteiger partial charge in [0.05, 0.1) is 23.2 Å². The number of carbonyl (C=O) groups is 3. The average Bonchev–Trinajstić information content (AvgIpc) is 3.12. The number of cyclic esters (lactones) is 1. The van der Waals surface area contributed by atoms with E-state index in [9.17, 15) is 34.8 Å². The van der Waals surface area contributed by atoms with E-state index in [0.29, 0.717) is 30.4 Å². The molecule has 5 rings (SSSR count). The van der Waals surface area contributed by atoms with Crippen LogP contribution in [0.3, 0.4) is 0 Å². The maximum atomic E-state index is 14.1. The van der Waals surface area contributed by atoms with Crippen LogP contribution in [0, 0.1) is 28.6 Å². The molecule has 4 aliphatic carbocycles. The molecule has 0 spiro atoms. The van der Waals surface area contributed by atoms with E-state index in [2.05, 4.69) is 0 Å². The molecular weight excluding hydrogens is 476 g/mol. The molecule has 1 heterocycles. The Balaban J connectivity index is 1.55. The molecular formula is C29H40O8. The molecule has 204 valence electrons. The summed E-state index contributed by atoms with van der Waals surface area (Å²) in [5.74, 6) is -2.55. The van der Waals surface area contributed by atoms with Crippen LogP contribution in [0.2, 0.25) is 0 Å². The zero-order valence-electron chi connectivity index (χ0n) is 22.4. The van der Waals surface area contributed by atoms with Crippen molar-refractivity contribution >= 4 is 17.5 Å². The standard InChI is InChI=1S/C29H40O8/c1-6-15-9-24(37-25(34)14(15)2)28(5,35)22-7-8-29(36)17-10-19(30)18-11-20(31)21(32)13-26(18,3)16(17)12-23(33)27(22,29)4/h10,16,18,20-22,24,31-32,35-36H,6-9,11-13H2,1-5H3/t16-,18-,20+,21-,22-,24+,26-,27-,28+,29-/m0/s1. The minimum atomic E-state index is -1.65. The van der Waals surface area contributed by atoms with Gasteiger partial charge in [0.2, 0.25) is 0 Å². The monoisotopic (exact) mass is 516 g/mol. The number of allylic oxidation sites excluding steroid dienone is 1. The number of rotatable bonds is 3. The molecule has 0 saturated heterocycles. The molecule has 0 radical (unpaired) electrons. The molecule has 8 heteroatoms. The van der Waals surface area contributed by atoms with Crippen LogP contribution in [0.5, 0.6) is 0 Å². The van der Waals surface area contributed by atoms with Crippen molar-refractivity contribution in [1.29, 1.82) is 0 Å². The number of aliphatic hydroxyl groups excluding tert-OH is 2. The van der Waals surface area contributed by atoms with Crippen LogP contribution < -0.4 is 0 Å². The molecule has 0 bridgehead atoms. The molecule has 4 N–H and O–H groups in total. The Labute approximate surface area is 217 Å². The van der Waals surface area contributed by atoms with E-state index >= 15 is 0 Å². The first-order valence-corrected chi connectivity index (χ1v) is 13.6. The average molecular weight is 517 g/mol. The highest BCUT2D eigenvalue weighted by molar-refractivity contribution is 5.98. The van der Waals surface area contributed by atoms with E-state index in [1.807, 2.05) is 13.8 Å². The minimum Gasteiger partial charge on any atom is -0.456 e. The van der Waals surface area contributed by atoms with Crippen LogP contribution >= 0.6 is 0 Å². The zero-order valence-corrected chi connectivity index (χ0v) is 22.4. The van der Waals surface area contributed by atoms with Crippen molar-refractivity contribution in [2.45, 2.75) is 109 Å². The van der Waals surface area contributed by atoms with Gasteiger partial charge in [-0.15, -0.1) is 0 Å². The van der Waals surface area contributed by atoms with Gasteiger partial charge in [-0.1, -0.05) is 19.4 Å². The summed E-state index contributed by atoms with van der Waals surface area (Å²) in [5, 5.41) is 45.0. The largest absolute Gasteiger partial charge is 0.456 e. The summed E-state index contributed by atoms with van der Waals surface area (Å²) in [5.41, 5.74) is -3.43. The summed E-state index contributed by atoms with van der Waals surface area (Å²) in [6.07, 6.45) is 0.501. The molecule has 37 heavy (non-hydrogen) atoms. The Hall–Kier alpha value is -1.87. The van der Waals surface area contributed by atoms with Gasteiger partial charge in [0, 0.05) is 30.3 Å².